The highest BCUT2D eigenvalue weighted by Gasteiger charge is 2.55. The number of carbonyl (C=O) groups is 1. The molecular formula is C15H17Cl2F3N2O5S. The molecule has 0 saturated carbocycles. The topological polar surface area (TPSA) is 107 Å². The van der Waals surface area contributed by atoms with Crippen LogP contribution < -0.4 is 5.32 Å². The summed E-state index contributed by atoms with van der Waals surface area (Å²) in [7, 11) is -4.13. The summed E-state index contributed by atoms with van der Waals surface area (Å²) in [5.74, 6) is -1.81. The van der Waals surface area contributed by atoms with Crippen molar-refractivity contribution in [1.82, 2.24) is 4.31 Å². The van der Waals surface area contributed by atoms with Crippen LogP contribution in [0.1, 0.15) is 19.8 Å². The second-order valence-electron chi connectivity index (χ2n) is 6.42. The van der Waals surface area contributed by atoms with Gasteiger partial charge in [-0.05, 0) is 31.9 Å². The van der Waals surface area contributed by atoms with Crippen LogP contribution in [-0.4, -0.2) is 59.8 Å². The molecule has 28 heavy (non-hydrogen) atoms. The molecule has 1 aromatic rings. The number of nitrogens with one attached hydrogen (secondary N) is 1. The van der Waals surface area contributed by atoms with Crippen LogP contribution in [0, 0.1) is 0 Å². The number of hydrogen-bond acceptors (Lipinski definition) is 5. The molecule has 3 N–H and O–H groups in total. The molecule has 1 saturated heterocycles. The molecular weight excluding hydrogens is 448 g/mol. The Labute approximate surface area is 169 Å². The van der Waals surface area contributed by atoms with E-state index in [1.807, 2.05) is 0 Å². The fraction of sp³-hybridized carbons (Fsp3) is 0.533. The standard InChI is InChI=1S/C15H17Cl2F3N2O5S/c1-14(25,15(18,19)20)13(24)21-9-4-5-10(12(17)11(9)16)28(26,27)22-6-2-3-8(23)7-22/h4-5,8,23,25H,2-3,6-7H2,1H3,(H,21,24). The van der Waals surface area contributed by atoms with Gasteiger partial charge >= 0.3 is 6.18 Å². The summed E-state index contributed by atoms with van der Waals surface area (Å²) in [6.45, 7) is 0.280. The third-order valence-electron chi connectivity index (χ3n) is 4.27. The second kappa shape index (κ2) is 7.96. The molecule has 158 valence electrons. The SMILES string of the molecule is CC(O)(C(=O)Nc1ccc(S(=O)(=O)N2CCCC(O)C2)c(Cl)c1Cl)C(F)(F)F. The molecule has 0 bridgehead atoms. The maximum atomic E-state index is 12.7. The average molecular weight is 465 g/mol. The van der Waals surface area contributed by atoms with E-state index in [1.165, 1.54) is 0 Å². The van der Waals surface area contributed by atoms with Crippen LogP contribution in [0.15, 0.2) is 17.0 Å². The molecule has 2 unspecified atom stereocenters. The lowest BCUT2D eigenvalue weighted by Gasteiger charge is -2.29. The molecule has 0 aromatic heterocycles. The van der Waals surface area contributed by atoms with E-state index in [4.69, 9.17) is 23.2 Å². The van der Waals surface area contributed by atoms with Crippen molar-refractivity contribution >= 4 is 44.8 Å². The third-order valence-corrected chi connectivity index (χ3v) is 7.17. The van der Waals surface area contributed by atoms with Gasteiger partial charge in [-0.1, -0.05) is 23.2 Å². The lowest BCUT2D eigenvalue weighted by molar-refractivity contribution is -0.242. The molecule has 13 heteroatoms. The van der Waals surface area contributed by atoms with E-state index in [0.29, 0.717) is 12.8 Å². The number of piperidine rings is 1. The number of halogens is 5. The fourth-order valence-electron chi connectivity index (χ4n) is 2.48. The molecule has 7 nitrogen and oxygen atoms in total. The number of nitrogens with zero attached hydrogens (tertiary/aromatic N) is 1. The van der Waals surface area contributed by atoms with Crippen LogP contribution in [0.25, 0.3) is 0 Å². The number of carbonyl (C=O) groups excluding carboxylic acids is 1. The summed E-state index contributed by atoms with van der Waals surface area (Å²) in [6.07, 6.45) is -5.19. The quantitative estimate of drug-likeness (QED) is 0.633. The Balaban J connectivity index is 2.34. The largest absolute Gasteiger partial charge is 0.426 e. The maximum absolute atomic E-state index is 12.7. The van der Waals surface area contributed by atoms with E-state index in [9.17, 15) is 36.6 Å². The minimum atomic E-state index is -5.24. The third kappa shape index (κ3) is 4.39. The van der Waals surface area contributed by atoms with Crippen molar-refractivity contribution in [3.05, 3.63) is 22.2 Å². The van der Waals surface area contributed by atoms with Crippen LogP contribution in [0.4, 0.5) is 18.9 Å². The molecule has 1 aromatic carbocycles. The van der Waals surface area contributed by atoms with Crippen molar-refractivity contribution in [1.29, 1.82) is 0 Å². The van der Waals surface area contributed by atoms with Crippen molar-refractivity contribution in [3.63, 3.8) is 0 Å². The van der Waals surface area contributed by atoms with E-state index in [1.54, 1.807) is 5.32 Å². The molecule has 1 amide bonds. The first-order chi connectivity index (χ1) is 12.7. The van der Waals surface area contributed by atoms with Gasteiger partial charge in [-0.2, -0.15) is 17.5 Å². The molecule has 1 aliphatic heterocycles. The van der Waals surface area contributed by atoms with E-state index in [2.05, 4.69) is 0 Å². The van der Waals surface area contributed by atoms with Crippen molar-refractivity contribution in [2.75, 3.05) is 18.4 Å². The first kappa shape index (κ1) is 23.2. The Morgan fingerprint density at radius 3 is 2.43 bits per heavy atom. The lowest BCUT2D eigenvalue weighted by atomic mass is 10.1. The van der Waals surface area contributed by atoms with Crippen LogP contribution >= 0.6 is 23.2 Å². The molecule has 1 fully saturated rings. The van der Waals surface area contributed by atoms with Gasteiger partial charge in [0.25, 0.3) is 5.91 Å². The molecule has 1 aliphatic rings. The van der Waals surface area contributed by atoms with Gasteiger partial charge in [-0.15, -0.1) is 0 Å². The molecule has 2 atom stereocenters. The Bertz CT molecular complexity index is 877. The Morgan fingerprint density at radius 1 is 1.29 bits per heavy atom. The predicted molar refractivity (Wildman–Crippen MR) is 95.8 cm³/mol. The number of sulfonamides is 1. The zero-order valence-electron chi connectivity index (χ0n) is 14.4. The zero-order chi connectivity index (χ0) is 21.5. The predicted octanol–water partition coefficient (Wildman–Crippen LogP) is 2.39. The number of aliphatic hydroxyl groups is 2. The van der Waals surface area contributed by atoms with Gasteiger partial charge in [0, 0.05) is 13.1 Å². The van der Waals surface area contributed by atoms with E-state index < -0.39 is 54.4 Å². The van der Waals surface area contributed by atoms with Crippen molar-refractivity contribution < 1.29 is 36.6 Å². The van der Waals surface area contributed by atoms with Gasteiger partial charge in [0.05, 0.1) is 21.8 Å². The number of aliphatic hydroxyl groups excluding tert-OH is 1. The highest BCUT2D eigenvalue weighted by Crippen LogP contribution is 2.38. The van der Waals surface area contributed by atoms with Crippen LogP contribution in [0.5, 0.6) is 0 Å². The number of β-amino-alcohol motifs (C(OH)–C–C–N with tert-alkyl or cyclic N) is 1. The van der Waals surface area contributed by atoms with Crippen molar-refractivity contribution in [2.24, 2.45) is 0 Å². The first-order valence-electron chi connectivity index (χ1n) is 7.96. The minimum absolute atomic E-state index is 0.136. The summed E-state index contributed by atoms with van der Waals surface area (Å²) in [6, 6.07) is 1.94. The molecule has 2 rings (SSSR count). The molecule has 0 spiro atoms. The number of amides is 1. The monoisotopic (exact) mass is 464 g/mol. The van der Waals surface area contributed by atoms with Gasteiger partial charge < -0.3 is 15.5 Å². The number of rotatable bonds is 4. The summed E-state index contributed by atoms with van der Waals surface area (Å²) < 4.78 is 64.7. The summed E-state index contributed by atoms with van der Waals surface area (Å²) in [4.78, 5) is 11.4. The fourth-order valence-corrected chi connectivity index (χ4v) is 4.79. The molecule has 0 radical (unpaired) electrons. The van der Waals surface area contributed by atoms with Gasteiger partial charge in [0.1, 0.15) is 4.90 Å². The second-order valence-corrected chi connectivity index (χ2v) is 9.08. The van der Waals surface area contributed by atoms with E-state index >= 15 is 0 Å². The van der Waals surface area contributed by atoms with Crippen molar-refractivity contribution in [3.8, 4) is 0 Å². The average Bonchev–Trinajstić information content (AvgIpc) is 2.57. The summed E-state index contributed by atoms with van der Waals surface area (Å²) in [5.41, 5.74) is -4.10. The number of anilines is 1. The van der Waals surface area contributed by atoms with Gasteiger partial charge in [0.15, 0.2) is 0 Å². The maximum Gasteiger partial charge on any atom is 0.426 e. The highest BCUT2D eigenvalue weighted by molar-refractivity contribution is 7.89. The molecule has 1 heterocycles. The Kier molecular flexibility index (Phi) is 6.59. The van der Waals surface area contributed by atoms with Gasteiger partial charge in [-0.3, -0.25) is 4.79 Å². The minimum Gasteiger partial charge on any atom is -0.392 e. The zero-order valence-corrected chi connectivity index (χ0v) is 16.8. The Morgan fingerprint density at radius 2 is 1.89 bits per heavy atom. The summed E-state index contributed by atoms with van der Waals surface area (Å²) in [5, 5.41) is 19.8. The highest BCUT2D eigenvalue weighted by atomic mass is 35.5. The smallest absolute Gasteiger partial charge is 0.392 e. The normalized spacial score (nSPS) is 21.2. The van der Waals surface area contributed by atoms with Crippen LogP contribution in [0.3, 0.4) is 0 Å². The van der Waals surface area contributed by atoms with Gasteiger partial charge in [0.2, 0.25) is 15.6 Å². The van der Waals surface area contributed by atoms with E-state index in [0.717, 1.165) is 16.4 Å². The van der Waals surface area contributed by atoms with Gasteiger partial charge in [-0.25, -0.2) is 8.42 Å². The number of hydrogen-bond donors (Lipinski definition) is 3. The first-order valence-corrected chi connectivity index (χ1v) is 10.2. The molecule has 0 aliphatic carbocycles. The van der Waals surface area contributed by atoms with Crippen LogP contribution in [-0.2, 0) is 14.8 Å². The Hall–Kier alpha value is -1.11. The number of alkyl halides is 3. The van der Waals surface area contributed by atoms with E-state index in [-0.39, 0.29) is 20.0 Å². The van der Waals surface area contributed by atoms with Crippen LogP contribution in [0.2, 0.25) is 10.0 Å². The summed E-state index contributed by atoms with van der Waals surface area (Å²) >= 11 is 11.9. The van der Waals surface area contributed by atoms with Crippen molar-refractivity contribution in [2.45, 2.75) is 42.5 Å². The lowest BCUT2D eigenvalue weighted by Crippen LogP contribution is -2.52. The number of benzene rings is 1.